The maximum absolute atomic E-state index is 9.58. The Labute approximate surface area is 119 Å². The second-order valence-electron chi connectivity index (χ2n) is 5.63. The fourth-order valence-corrected chi connectivity index (χ4v) is 3.20. The Morgan fingerprint density at radius 3 is 2.53 bits per heavy atom. The summed E-state index contributed by atoms with van der Waals surface area (Å²) in [7, 11) is 0. The van der Waals surface area contributed by atoms with E-state index >= 15 is 0 Å². The van der Waals surface area contributed by atoms with E-state index in [9.17, 15) is 5.11 Å². The van der Waals surface area contributed by atoms with E-state index in [0.29, 0.717) is 17.6 Å². The number of hydrogen-bond acceptors (Lipinski definition) is 3. The van der Waals surface area contributed by atoms with E-state index in [4.69, 9.17) is 4.98 Å². The molecule has 1 aromatic heterocycles. The largest absolute Gasteiger partial charge is 0.508 e. The minimum atomic E-state index is 0.296. The lowest BCUT2D eigenvalue weighted by Gasteiger charge is -2.06. The zero-order valence-corrected chi connectivity index (χ0v) is 12.8. The Kier molecular flexibility index (Phi) is 4.25. The van der Waals surface area contributed by atoms with E-state index in [-0.39, 0.29) is 0 Å². The van der Waals surface area contributed by atoms with E-state index in [2.05, 4.69) is 27.7 Å². The molecule has 3 heteroatoms. The standard InChI is InChI=1S/C16H21NOS/c1-10(2)8-14-15(11(3)4)19-16(17-14)12-6-5-7-13(18)9-12/h5-7,9-11,18H,8H2,1-4H3. The number of benzene rings is 1. The third-order valence-corrected chi connectivity index (χ3v) is 4.39. The summed E-state index contributed by atoms with van der Waals surface area (Å²) >= 11 is 1.75. The monoisotopic (exact) mass is 275 g/mol. The lowest BCUT2D eigenvalue weighted by atomic mass is 10.0. The number of nitrogens with zero attached hydrogens (tertiary/aromatic N) is 1. The molecule has 19 heavy (non-hydrogen) atoms. The quantitative estimate of drug-likeness (QED) is 0.866. The first-order chi connectivity index (χ1) is 8.97. The fourth-order valence-electron chi connectivity index (χ4n) is 2.11. The molecular weight excluding hydrogens is 254 g/mol. The molecule has 0 saturated heterocycles. The second kappa shape index (κ2) is 5.74. The number of hydrogen-bond donors (Lipinski definition) is 1. The van der Waals surface area contributed by atoms with E-state index < -0.39 is 0 Å². The topological polar surface area (TPSA) is 33.1 Å². The summed E-state index contributed by atoms with van der Waals surface area (Å²) in [5, 5.41) is 10.6. The number of aromatic hydroxyl groups is 1. The zero-order valence-electron chi connectivity index (χ0n) is 12.0. The van der Waals surface area contributed by atoms with Crippen molar-refractivity contribution < 1.29 is 5.11 Å². The van der Waals surface area contributed by atoms with Crippen molar-refractivity contribution in [1.29, 1.82) is 0 Å². The molecule has 0 aliphatic carbocycles. The fraction of sp³-hybridized carbons (Fsp3) is 0.438. The summed E-state index contributed by atoms with van der Waals surface area (Å²) in [6.45, 7) is 8.86. The van der Waals surface area contributed by atoms with Crippen LogP contribution in [0.1, 0.15) is 44.2 Å². The number of thiazole rings is 1. The predicted octanol–water partition coefficient (Wildman–Crippen LogP) is 4.84. The molecule has 2 nitrogen and oxygen atoms in total. The minimum absolute atomic E-state index is 0.296. The van der Waals surface area contributed by atoms with Crippen LogP contribution in [0.5, 0.6) is 5.75 Å². The van der Waals surface area contributed by atoms with Gasteiger partial charge in [-0.3, -0.25) is 0 Å². The lowest BCUT2D eigenvalue weighted by Crippen LogP contribution is -1.99. The highest BCUT2D eigenvalue weighted by Crippen LogP contribution is 2.34. The molecule has 0 atom stereocenters. The second-order valence-corrected chi connectivity index (χ2v) is 6.66. The van der Waals surface area contributed by atoms with Crippen molar-refractivity contribution >= 4 is 11.3 Å². The molecule has 0 spiro atoms. The summed E-state index contributed by atoms with van der Waals surface area (Å²) in [6, 6.07) is 7.34. The van der Waals surface area contributed by atoms with Crippen LogP contribution < -0.4 is 0 Å². The smallest absolute Gasteiger partial charge is 0.124 e. The van der Waals surface area contributed by atoms with Crippen molar-refractivity contribution in [2.75, 3.05) is 0 Å². The maximum Gasteiger partial charge on any atom is 0.124 e. The number of phenolic OH excluding ortho intramolecular Hbond substituents is 1. The van der Waals surface area contributed by atoms with Crippen molar-refractivity contribution in [2.24, 2.45) is 5.92 Å². The molecule has 0 unspecified atom stereocenters. The molecule has 0 fully saturated rings. The Morgan fingerprint density at radius 1 is 1.21 bits per heavy atom. The SMILES string of the molecule is CC(C)Cc1nc(-c2cccc(O)c2)sc1C(C)C. The lowest BCUT2D eigenvalue weighted by molar-refractivity contribution is 0.475. The van der Waals surface area contributed by atoms with E-state index in [0.717, 1.165) is 17.0 Å². The highest BCUT2D eigenvalue weighted by molar-refractivity contribution is 7.15. The molecule has 1 aromatic carbocycles. The Hall–Kier alpha value is -1.35. The van der Waals surface area contributed by atoms with Crippen LogP contribution in [0.4, 0.5) is 0 Å². The van der Waals surface area contributed by atoms with Crippen LogP contribution in [-0.4, -0.2) is 10.1 Å². The Morgan fingerprint density at radius 2 is 1.95 bits per heavy atom. The molecule has 1 heterocycles. The molecule has 0 saturated carbocycles. The minimum Gasteiger partial charge on any atom is -0.508 e. The van der Waals surface area contributed by atoms with Crippen LogP contribution in [-0.2, 0) is 6.42 Å². The van der Waals surface area contributed by atoms with E-state index in [1.165, 1.54) is 10.6 Å². The van der Waals surface area contributed by atoms with Gasteiger partial charge in [-0.1, -0.05) is 39.8 Å². The van der Waals surface area contributed by atoms with Gasteiger partial charge in [-0.05, 0) is 30.4 Å². The summed E-state index contributed by atoms with van der Waals surface area (Å²) in [5.74, 6) is 1.40. The van der Waals surface area contributed by atoms with E-state index in [1.54, 1.807) is 23.5 Å². The van der Waals surface area contributed by atoms with Gasteiger partial charge < -0.3 is 5.11 Å². The van der Waals surface area contributed by atoms with Gasteiger partial charge in [0.1, 0.15) is 10.8 Å². The highest BCUT2D eigenvalue weighted by Gasteiger charge is 2.16. The Bertz CT molecular complexity index is 558. The van der Waals surface area contributed by atoms with E-state index in [1.807, 2.05) is 12.1 Å². The average Bonchev–Trinajstić information content (AvgIpc) is 2.72. The Balaban J connectivity index is 2.42. The van der Waals surface area contributed by atoms with Gasteiger partial charge in [0.2, 0.25) is 0 Å². The van der Waals surface area contributed by atoms with Crippen LogP contribution in [0.15, 0.2) is 24.3 Å². The van der Waals surface area contributed by atoms with Crippen LogP contribution >= 0.6 is 11.3 Å². The number of aromatic nitrogens is 1. The van der Waals surface area contributed by atoms with Crippen molar-refractivity contribution in [2.45, 2.75) is 40.0 Å². The number of phenols is 1. The highest BCUT2D eigenvalue weighted by atomic mass is 32.1. The van der Waals surface area contributed by atoms with Gasteiger partial charge in [0.25, 0.3) is 0 Å². The maximum atomic E-state index is 9.58. The van der Waals surface area contributed by atoms with Gasteiger partial charge in [0.15, 0.2) is 0 Å². The number of rotatable bonds is 4. The van der Waals surface area contributed by atoms with Crippen LogP contribution in [0.2, 0.25) is 0 Å². The molecule has 0 bridgehead atoms. The molecular formula is C16H21NOS. The van der Waals surface area contributed by atoms with Gasteiger partial charge in [-0.2, -0.15) is 0 Å². The summed E-state index contributed by atoms with van der Waals surface area (Å²) in [6.07, 6.45) is 1.02. The first kappa shape index (κ1) is 14.1. The van der Waals surface area contributed by atoms with Gasteiger partial charge in [0.05, 0.1) is 5.69 Å². The first-order valence-corrected chi connectivity index (χ1v) is 7.58. The molecule has 0 aliphatic rings. The molecule has 2 rings (SSSR count). The van der Waals surface area contributed by atoms with Crippen molar-refractivity contribution in [1.82, 2.24) is 4.98 Å². The predicted molar refractivity (Wildman–Crippen MR) is 81.8 cm³/mol. The molecule has 0 aliphatic heterocycles. The molecule has 0 radical (unpaired) electrons. The van der Waals surface area contributed by atoms with Crippen LogP contribution in [0.3, 0.4) is 0 Å². The molecule has 2 aromatic rings. The zero-order chi connectivity index (χ0) is 14.0. The van der Waals surface area contributed by atoms with Gasteiger partial charge in [-0.15, -0.1) is 11.3 Å². The molecule has 0 amide bonds. The van der Waals surface area contributed by atoms with Crippen molar-refractivity contribution in [3.63, 3.8) is 0 Å². The first-order valence-electron chi connectivity index (χ1n) is 6.76. The van der Waals surface area contributed by atoms with Crippen LogP contribution in [0.25, 0.3) is 10.6 Å². The van der Waals surface area contributed by atoms with Crippen molar-refractivity contribution in [3.05, 3.63) is 34.8 Å². The summed E-state index contributed by atoms with van der Waals surface area (Å²) < 4.78 is 0. The molecule has 102 valence electrons. The van der Waals surface area contributed by atoms with Gasteiger partial charge in [0, 0.05) is 10.4 Å². The van der Waals surface area contributed by atoms with Crippen molar-refractivity contribution in [3.8, 4) is 16.3 Å². The third-order valence-electron chi connectivity index (χ3n) is 2.95. The summed E-state index contributed by atoms with van der Waals surface area (Å²) in [4.78, 5) is 6.16. The van der Waals surface area contributed by atoms with Gasteiger partial charge >= 0.3 is 0 Å². The van der Waals surface area contributed by atoms with Crippen LogP contribution in [0, 0.1) is 5.92 Å². The van der Waals surface area contributed by atoms with Gasteiger partial charge in [-0.25, -0.2) is 4.98 Å². The average molecular weight is 275 g/mol. The normalized spacial score (nSPS) is 11.5. The third kappa shape index (κ3) is 3.35. The summed E-state index contributed by atoms with van der Waals surface area (Å²) in [5.41, 5.74) is 2.22. The molecule has 1 N–H and O–H groups in total.